The lowest BCUT2D eigenvalue weighted by Crippen LogP contribution is -2.36. The zero-order valence-electron chi connectivity index (χ0n) is 16.7. The minimum atomic E-state index is -0.709. The second kappa shape index (κ2) is 8.46. The Kier molecular flexibility index (Phi) is 6.00. The van der Waals surface area contributed by atoms with Crippen molar-refractivity contribution in [2.24, 2.45) is 0 Å². The lowest BCUT2D eigenvalue weighted by Gasteiger charge is -2.33. The highest BCUT2D eigenvalue weighted by atomic mass is 16.6. The Morgan fingerprint density at radius 3 is 2.45 bits per heavy atom. The van der Waals surface area contributed by atoms with E-state index in [-0.39, 0.29) is 17.4 Å². The van der Waals surface area contributed by atoms with Crippen molar-refractivity contribution in [3.8, 4) is 0 Å². The van der Waals surface area contributed by atoms with Crippen LogP contribution in [0.3, 0.4) is 0 Å². The Bertz CT molecular complexity index is 898. The first kappa shape index (κ1) is 20.6. The molecule has 2 aliphatic rings. The van der Waals surface area contributed by atoms with Crippen LogP contribution in [0.1, 0.15) is 51.0 Å². The lowest BCUT2D eigenvalue weighted by molar-refractivity contribution is -0.385. The van der Waals surface area contributed by atoms with E-state index < -0.39 is 22.9 Å². The van der Waals surface area contributed by atoms with Crippen LogP contribution >= 0.6 is 0 Å². The van der Waals surface area contributed by atoms with Gasteiger partial charge in [-0.05, 0) is 39.5 Å². The Labute approximate surface area is 168 Å². The number of nitrogens with zero attached hydrogens (tertiary/aromatic N) is 2. The van der Waals surface area contributed by atoms with E-state index in [0.717, 1.165) is 25.7 Å². The summed E-state index contributed by atoms with van der Waals surface area (Å²) in [5.41, 5.74) is 1.33. The van der Waals surface area contributed by atoms with Crippen LogP contribution in [0.25, 0.3) is 0 Å². The molecule has 8 nitrogen and oxygen atoms in total. The molecule has 1 heterocycles. The molecule has 1 fully saturated rings. The normalized spacial score (nSPS) is 19.8. The molecule has 1 amide bonds. The quantitative estimate of drug-likeness (QED) is 0.421. The number of carbonyl (C=O) groups excluding carboxylic acids is 2. The maximum Gasteiger partial charge on any atom is 0.418 e. The maximum absolute atomic E-state index is 12.8. The summed E-state index contributed by atoms with van der Waals surface area (Å²) < 4.78 is 10.5. The molecule has 8 heteroatoms. The number of rotatable bonds is 4. The van der Waals surface area contributed by atoms with E-state index in [4.69, 9.17) is 9.47 Å². The van der Waals surface area contributed by atoms with Gasteiger partial charge < -0.3 is 9.47 Å². The molecule has 1 aliphatic carbocycles. The number of benzene rings is 1. The predicted octanol–water partition coefficient (Wildman–Crippen LogP) is 4.42. The van der Waals surface area contributed by atoms with E-state index in [1.807, 2.05) is 0 Å². The highest BCUT2D eigenvalue weighted by Gasteiger charge is 2.37. The SMILES string of the molecule is COC(=O)C1=C(C)N(C(=O)OC2CCCC2)C(C)=CC1c1ccccc1[N+](=O)[O-]. The van der Waals surface area contributed by atoms with Gasteiger partial charge in [0.25, 0.3) is 5.69 Å². The molecule has 0 radical (unpaired) electrons. The summed E-state index contributed by atoms with van der Waals surface area (Å²) in [5.74, 6) is -1.35. The number of amides is 1. The zero-order valence-corrected chi connectivity index (χ0v) is 16.7. The van der Waals surface area contributed by atoms with Gasteiger partial charge in [-0.3, -0.25) is 15.0 Å². The molecule has 1 aromatic carbocycles. The fourth-order valence-corrected chi connectivity index (χ4v) is 4.04. The summed E-state index contributed by atoms with van der Waals surface area (Å²) >= 11 is 0. The third kappa shape index (κ3) is 4.01. The van der Waals surface area contributed by atoms with Crippen molar-refractivity contribution < 1.29 is 24.0 Å². The Hall–Kier alpha value is -3.16. The maximum atomic E-state index is 12.8. The van der Waals surface area contributed by atoms with Crippen LogP contribution in [0.15, 0.2) is 47.3 Å². The average molecular weight is 400 g/mol. The number of nitro groups is 1. The molecule has 3 rings (SSSR count). The predicted molar refractivity (Wildman–Crippen MR) is 105 cm³/mol. The van der Waals surface area contributed by atoms with Gasteiger partial charge in [0.05, 0.1) is 17.6 Å². The summed E-state index contributed by atoms with van der Waals surface area (Å²) in [7, 11) is 1.24. The van der Waals surface area contributed by atoms with Gasteiger partial charge >= 0.3 is 12.1 Å². The van der Waals surface area contributed by atoms with Gasteiger partial charge in [-0.2, -0.15) is 0 Å². The Balaban J connectivity index is 2.04. The van der Waals surface area contributed by atoms with E-state index in [2.05, 4.69) is 0 Å². The van der Waals surface area contributed by atoms with Crippen molar-refractivity contribution in [2.75, 3.05) is 7.11 Å². The van der Waals surface area contributed by atoms with Crippen LogP contribution in [0.2, 0.25) is 0 Å². The van der Waals surface area contributed by atoms with Crippen LogP contribution in [-0.4, -0.2) is 35.1 Å². The van der Waals surface area contributed by atoms with Gasteiger partial charge in [-0.15, -0.1) is 0 Å². The molecule has 1 aromatic rings. The van der Waals surface area contributed by atoms with Crippen molar-refractivity contribution in [1.29, 1.82) is 0 Å². The second-order valence-electron chi connectivity index (χ2n) is 7.22. The molecular formula is C21H24N2O6. The standard InChI is InChI=1S/C21H24N2O6/c1-13-12-17(16-10-6-7-11-18(16)23(26)27)19(20(24)28-3)14(2)22(13)21(25)29-15-8-4-5-9-15/h6-7,10-12,15,17H,4-5,8-9H2,1-3H3. The number of ether oxygens (including phenoxy) is 2. The smallest absolute Gasteiger partial charge is 0.418 e. The summed E-state index contributed by atoms with van der Waals surface area (Å²) in [4.78, 5) is 37.8. The van der Waals surface area contributed by atoms with Gasteiger partial charge in [0.1, 0.15) is 6.10 Å². The van der Waals surface area contributed by atoms with Crippen molar-refractivity contribution in [3.63, 3.8) is 0 Å². The molecule has 154 valence electrons. The van der Waals surface area contributed by atoms with Gasteiger partial charge in [0.15, 0.2) is 0 Å². The van der Waals surface area contributed by atoms with Crippen LogP contribution in [-0.2, 0) is 14.3 Å². The fourth-order valence-electron chi connectivity index (χ4n) is 4.04. The zero-order chi connectivity index (χ0) is 21.1. The van der Waals surface area contributed by atoms with Crippen LogP contribution in [0.4, 0.5) is 10.5 Å². The molecule has 1 aliphatic heterocycles. The first-order chi connectivity index (χ1) is 13.8. The van der Waals surface area contributed by atoms with Crippen molar-refractivity contribution >= 4 is 17.7 Å². The van der Waals surface area contributed by atoms with Gasteiger partial charge in [0, 0.05) is 28.9 Å². The van der Waals surface area contributed by atoms with Crippen molar-refractivity contribution in [3.05, 3.63) is 63.0 Å². The van der Waals surface area contributed by atoms with E-state index in [1.54, 1.807) is 38.1 Å². The molecule has 0 aromatic heterocycles. The third-order valence-electron chi connectivity index (χ3n) is 5.42. The molecule has 29 heavy (non-hydrogen) atoms. The van der Waals surface area contributed by atoms with Gasteiger partial charge in [-0.25, -0.2) is 9.59 Å². The Morgan fingerprint density at radius 1 is 1.17 bits per heavy atom. The summed E-state index contributed by atoms with van der Waals surface area (Å²) in [6, 6.07) is 6.25. The van der Waals surface area contributed by atoms with E-state index >= 15 is 0 Å². The van der Waals surface area contributed by atoms with Crippen LogP contribution in [0.5, 0.6) is 0 Å². The molecule has 0 saturated heterocycles. The molecule has 0 bridgehead atoms. The number of hydrogen-bond donors (Lipinski definition) is 0. The number of nitro benzene ring substituents is 1. The van der Waals surface area contributed by atoms with Gasteiger partial charge in [0.2, 0.25) is 0 Å². The van der Waals surface area contributed by atoms with E-state index in [1.165, 1.54) is 18.1 Å². The first-order valence-electron chi connectivity index (χ1n) is 9.56. The summed E-state index contributed by atoms with van der Waals surface area (Å²) in [6.07, 6.45) is 4.69. The number of hydrogen-bond acceptors (Lipinski definition) is 6. The summed E-state index contributed by atoms with van der Waals surface area (Å²) in [5, 5.41) is 11.5. The van der Waals surface area contributed by atoms with Crippen molar-refractivity contribution in [1.82, 2.24) is 4.90 Å². The molecule has 1 atom stereocenters. The van der Waals surface area contributed by atoms with Gasteiger partial charge in [-0.1, -0.05) is 24.3 Å². The van der Waals surface area contributed by atoms with Crippen LogP contribution in [0, 0.1) is 10.1 Å². The highest BCUT2D eigenvalue weighted by molar-refractivity contribution is 5.93. The Morgan fingerprint density at radius 2 is 1.83 bits per heavy atom. The monoisotopic (exact) mass is 400 g/mol. The molecular weight excluding hydrogens is 376 g/mol. The topological polar surface area (TPSA) is 99.0 Å². The highest BCUT2D eigenvalue weighted by Crippen LogP contribution is 2.40. The lowest BCUT2D eigenvalue weighted by atomic mass is 9.85. The molecule has 0 N–H and O–H groups in total. The minimum Gasteiger partial charge on any atom is -0.466 e. The molecule has 1 saturated carbocycles. The average Bonchev–Trinajstić information content (AvgIpc) is 3.19. The van der Waals surface area contributed by atoms with Crippen molar-refractivity contribution in [2.45, 2.75) is 51.6 Å². The number of para-hydroxylation sites is 1. The largest absolute Gasteiger partial charge is 0.466 e. The number of esters is 1. The van der Waals surface area contributed by atoms with Crippen LogP contribution < -0.4 is 0 Å². The second-order valence-corrected chi connectivity index (χ2v) is 7.22. The van der Waals surface area contributed by atoms with E-state index in [0.29, 0.717) is 17.0 Å². The number of allylic oxidation sites excluding steroid dienone is 3. The number of methoxy groups -OCH3 is 1. The summed E-state index contributed by atoms with van der Waals surface area (Å²) in [6.45, 7) is 3.34. The first-order valence-corrected chi connectivity index (χ1v) is 9.56. The van der Waals surface area contributed by atoms with E-state index in [9.17, 15) is 19.7 Å². The minimum absolute atomic E-state index is 0.0993. The third-order valence-corrected chi connectivity index (χ3v) is 5.42. The molecule has 1 unspecified atom stereocenters. The molecule has 0 spiro atoms. The number of carbonyl (C=O) groups is 2. The fraction of sp³-hybridized carbons (Fsp3) is 0.429.